The van der Waals surface area contributed by atoms with E-state index in [0.717, 1.165) is 101 Å². The quantitative estimate of drug-likeness (QED) is 0.274. The lowest BCUT2D eigenvalue weighted by atomic mass is 9.80. The third-order valence-corrected chi connectivity index (χ3v) is 11.1. The number of amides is 1. The number of sulfone groups is 1. The molecule has 1 aliphatic carbocycles. The number of ether oxygens (including phenoxy) is 1. The number of benzene rings is 1. The van der Waals surface area contributed by atoms with Gasteiger partial charge < -0.3 is 15.0 Å². The summed E-state index contributed by atoms with van der Waals surface area (Å²) in [4.78, 5) is 28.1. The average Bonchev–Trinajstić information content (AvgIpc) is 3.02. The Labute approximate surface area is 293 Å². The van der Waals surface area contributed by atoms with Gasteiger partial charge in [0.05, 0.1) is 17.6 Å². The van der Waals surface area contributed by atoms with Crippen molar-refractivity contribution < 1.29 is 17.9 Å². The maximum Gasteiger partial charge on any atom is 0.220 e. The molecular weight excluding hydrogens is 671 g/mol. The number of anilines is 1. The van der Waals surface area contributed by atoms with Gasteiger partial charge in [0.15, 0.2) is 0 Å². The maximum absolute atomic E-state index is 11.6. The van der Waals surface area contributed by atoms with Gasteiger partial charge in [-0.2, -0.15) is 0 Å². The Morgan fingerprint density at radius 1 is 0.958 bits per heavy atom. The Balaban J connectivity index is 1.09. The number of piperazine rings is 1. The van der Waals surface area contributed by atoms with Gasteiger partial charge in [0.2, 0.25) is 11.8 Å². The molecule has 3 aromatic rings. The summed E-state index contributed by atoms with van der Waals surface area (Å²) in [5.74, 6) is 3.09. The predicted octanol–water partition coefficient (Wildman–Crippen LogP) is 5.54. The molecule has 0 atom stereocenters. The largest absolute Gasteiger partial charge is 0.437 e. The van der Waals surface area contributed by atoms with Gasteiger partial charge in [-0.1, -0.05) is 23.2 Å². The van der Waals surface area contributed by atoms with Crippen LogP contribution in [-0.2, 0) is 21.2 Å². The van der Waals surface area contributed by atoms with Crippen molar-refractivity contribution in [3.8, 4) is 22.9 Å². The molecule has 48 heavy (non-hydrogen) atoms. The minimum absolute atomic E-state index is 0.0200. The molecule has 3 fully saturated rings. The number of aromatic nitrogens is 2. The highest BCUT2D eigenvalue weighted by atomic mass is 35.5. The number of halogens is 2. The summed E-state index contributed by atoms with van der Waals surface area (Å²) in [6.07, 6.45) is 7.08. The van der Waals surface area contributed by atoms with E-state index in [4.69, 9.17) is 37.9 Å². The zero-order valence-corrected chi connectivity index (χ0v) is 29.9. The fraction of sp³-hybridized carbons (Fsp3) is 0.514. The van der Waals surface area contributed by atoms with Gasteiger partial charge in [-0.3, -0.25) is 14.6 Å². The third kappa shape index (κ3) is 9.59. The smallest absolute Gasteiger partial charge is 0.220 e. The number of carbonyl (C=O) groups is 1. The molecule has 0 spiro atoms. The van der Waals surface area contributed by atoms with Gasteiger partial charge in [0.1, 0.15) is 21.4 Å². The first-order valence-corrected chi connectivity index (χ1v) is 19.5. The van der Waals surface area contributed by atoms with E-state index in [2.05, 4.69) is 26.1 Å². The Hall–Kier alpha value is -2.96. The molecule has 258 valence electrons. The molecule has 4 heterocycles. The van der Waals surface area contributed by atoms with Gasteiger partial charge in [-0.25, -0.2) is 18.4 Å². The van der Waals surface area contributed by atoms with Crippen molar-refractivity contribution in [3.05, 3.63) is 64.3 Å². The average molecular weight is 716 g/mol. The highest BCUT2D eigenvalue weighted by molar-refractivity contribution is 7.90. The van der Waals surface area contributed by atoms with Crippen LogP contribution in [-0.4, -0.2) is 98.0 Å². The Bertz CT molecular complexity index is 1670. The van der Waals surface area contributed by atoms with E-state index in [1.807, 2.05) is 30.3 Å². The van der Waals surface area contributed by atoms with Crippen molar-refractivity contribution in [2.75, 3.05) is 62.7 Å². The molecule has 13 heteroatoms. The molecule has 3 aliphatic rings. The molecule has 2 saturated heterocycles. The molecule has 0 bridgehead atoms. The summed E-state index contributed by atoms with van der Waals surface area (Å²) in [5, 5.41) is 4.03. The van der Waals surface area contributed by atoms with E-state index in [0.29, 0.717) is 45.3 Å². The van der Waals surface area contributed by atoms with Crippen molar-refractivity contribution in [3.63, 3.8) is 0 Å². The van der Waals surface area contributed by atoms with E-state index >= 15 is 0 Å². The van der Waals surface area contributed by atoms with E-state index in [-0.39, 0.29) is 5.91 Å². The number of nitrogens with zero attached hydrogens (tertiary/aromatic N) is 5. The molecular formula is C35H44Cl2N6O4S. The highest BCUT2D eigenvalue weighted by Gasteiger charge is 2.36. The topological polar surface area (TPSA) is 108 Å². The summed E-state index contributed by atoms with van der Waals surface area (Å²) in [5.41, 5.74) is 2.61. The van der Waals surface area contributed by atoms with Crippen molar-refractivity contribution in [1.29, 1.82) is 0 Å². The second-order valence-electron chi connectivity index (χ2n) is 13.6. The summed E-state index contributed by atoms with van der Waals surface area (Å²) in [7, 11) is -2.91. The molecule has 6 rings (SSSR count). The number of pyridine rings is 2. The molecule has 1 N–H and O–H groups in total. The monoisotopic (exact) mass is 714 g/mol. The SMILES string of the molecule is CC(=O)NCC1CCN(Cc2cc(Oc3ccc(N4CCN(C5CC(CS(C)(=O)=O)C5)CC4)nc3)nc(-c3cc(Cl)cc(Cl)c3)c2)CC1. The predicted molar refractivity (Wildman–Crippen MR) is 191 cm³/mol. The molecule has 1 saturated carbocycles. The second kappa shape index (κ2) is 15.3. The molecule has 1 aromatic carbocycles. The van der Waals surface area contributed by atoms with Gasteiger partial charge in [-0.05, 0) is 92.6 Å². The number of piperidine rings is 1. The van der Waals surface area contributed by atoms with Crippen LogP contribution < -0.4 is 15.0 Å². The minimum atomic E-state index is -2.91. The van der Waals surface area contributed by atoms with Crippen molar-refractivity contribution >= 4 is 44.8 Å². The van der Waals surface area contributed by atoms with Crippen LogP contribution >= 0.6 is 23.2 Å². The van der Waals surface area contributed by atoms with Gasteiger partial charge >= 0.3 is 0 Å². The summed E-state index contributed by atoms with van der Waals surface area (Å²) in [6.45, 7) is 8.57. The van der Waals surface area contributed by atoms with Crippen LogP contribution in [0.3, 0.4) is 0 Å². The van der Waals surface area contributed by atoms with Crippen molar-refractivity contribution in [1.82, 2.24) is 25.1 Å². The van der Waals surface area contributed by atoms with Gasteiger partial charge in [0.25, 0.3) is 0 Å². The first-order chi connectivity index (χ1) is 23.0. The highest BCUT2D eigenvalue weighted by Crippen LogP contribution is 2.34. The number of hydrogen-bond donors (Lipinski definition) is 1. The van der Waals surface area contributed by atoms with E-state index < -0.39 is 9.84 Å². The molecule has 0 radical (unpaired) electrons. The van der Waals surface area contributed by atoms with Crippen LogP contribution in [0.1, 0.15) is 38.2 Å². The lowest BCUT2D eigenvalue weighted by Gasteiger charge is -2.46. The minimum Gasteiger partial charge on any atom is -0.437 e. The zero-order chi connectivity index (χ0) is 33.8. The van der Waals surface area contributed by atoms with E-state index in [9.17, 15) is 13.2 Å². The fourth-order valence-corrected chi connectivity index (χ4v) is 8.72. The first kappa shape index (κ1) is 34.9. The molecule has 1 amide bonds. The van der Waals surface area contributed by atoms with Crippen LogP contribution in [0.5, 0.6) is 11.6 Å². The third-order valence-electron chi connectivity index (χ3n) is 9.62. The first-order valence-electron chi connectivity index (χ1n) is 16.7. The number of hydrogen-bond acceptors (Lipinski definition) is 9. The summed E-state index contributed by atoms with van der Waals surface area (Å²) in [6, 6.07) is 13.9. The lowest BCUT2D eigenvalue weighted by molar-refractivity contribution is -0.119. The van der Waals surface area contributed by atoms with Crippen LogP contribution in [0.2, 0.25) is 10.0 Å². The lowest BCUT2D eigenvalue weighted by Crippen LogP contribution is -2.54. The Morgan fingerprint density at radius 3 is 2.29 bits per heavy atom. The van der Waals surface area contributed by atoms with Crippen LogP contribution in [0, 0.1) is 11.8 Å². The molecule has 2 aliphatic heterocycles. The molecule has 2 aromatic heterocycles. The van der Waals surface area contributed by atoms with Crippen LogP contribution in [0.4, 0.5) is 5.82 Å². The number of rotatable bonds is 11. The number of carbonyl (C=O) groups excluding carboxylic acids is 1. The second-order valence-corrected chi connectivity index (χ2v) is 16.6. The molecule has 0 unspecified atom stereocenters. The Kier molecular flexibility index (Phi) is 11.1. The van der Waals surface area contributed by atoms with E-state index in [1.54, 1.807) is 19.2 Å². The van der Waals surface area contributed by atoms with Gasteiger partial charge in [0, 0.05) is 80.2 Å². The zero-order valence-electron chi connectivity index (χ0n) is 27.6. The normalized spacial score (nSPS) is 21.1. The van der Waals surface area contributed by atoms with Crippen molar-refractivity contribution in [2.45, 2.75) is 45.2 Å². The van der Waals surface area contributed by atoms with Crippen LogP contribution in [0.15, 0.2) is 48.7 Å². The number of likely N-dealkylation sites (tertiary alicyclic amines) is 1. The van der Waals surface area contributed by atoms with Crippen molar-refractivity contribution in [2.24, 2.45) is 11.8 Å². The fourth-order valence-electron chi connectivity index (χ4n) is 7.07. The number of nitrogens with one attached hydrogen (secondary N) is 1. The maximum atomic E-state index is 11.6. The Morgan fingerprint density at radius 2 is 1.67 bits per heavy atom. The molecule has 10 nitrogen and oxygen atoms in total. The summed E-state index contributed by atoms with van der Waals surface area (Å²) >= 11 is 12.7. The van der Waals surface area contributed by atoms with E-state index in [1.165, 1.54) is 6.26 Å². The van der Waals surface area contributed by atoms with Crippen LogP contribution in [0.25, 0.3) is 11.3 Å². The van der Waals surface area contributed by atoms with Gasteiger partial charge in [-0.15, -0.1) is 0 Å². The summed E-state index contributed by atoms with van der Waals surface area (Å²) < 4.78 is 29.5. The standard InChI is InChI=1S/C35H44Cl2N6O4S/c1-24(44)38-20-25-5-7-41(8-6-25)22-26-15-33(28-17-29(36)19-30(37)18-28)40-35(16-26)47-32-3-4-34(39-21-32)43-11-9-42(10-12-43)31-13-27(14-31)23-48(2,45)46/h3-4,15-19,21,25,27,31H,5-14,20,22-23H2,1-2H3,(H,38,44).